The highest BCUT2D eigenvalue weighted by Gasteiger charge is 2.54. The van der Waals surface area contributed by atoms with E-state index in [1.807, 2.05) is 0 Å². The summed E-state index contributed by atoms with van der Waals surface area (Å²) < 4.78 is 1.46. The van der Waals surface area contributed by atoms with Gasteiger partial charge in [0.2, 0.25) is 0 Å². The number of hydrogen-bond donors (Lipinski definition) is 2. The third kappa shape index (κ3) is 1.53. The Hall–Kier alpha value is -1.54. The van der Waals surface area contributed by atoms with Gasteiger partial charge < -0.3 is 10.4 Å². The molecule has 2 aliphatic rings. The van der Waals surface area contributed by atoms with Crippen LogP contribution in [-0.2, 0) is 5.66 Å². The second-order valence-electron chi connectivity index (χ2n) is 4.45. The minimum absolute atomic E-state index is 0.0216. The zero-order chi connectivity index (χ0) is 13.9. The molecule has 0 saturated carbocycles. The van der Waals surface area contributed by atoms with Gasteiger partial charge in [0.25, 0.3) is 11.5 Å². The van der Waals surface area contributed by atoms with E-state index in [0.717, 1.165) is 4.90 Å². The molecule has 100 valence electrons. The van der Waals surface area contributed by atoms with E-state index in [0.29, 0.717) is 0 Å². The van der Waals surface area contributed by atoms with E-state index in [2.05, 4.69) is 21.2 Å². The standard InChI is InChI=1S/C10H7BrClN3O4/c11-4-1-5(12)6-7(16)13-10(15(6)8(4)17)2-14(3-10)9(18)19/h1H,2-3H2,(H,13,16)(H,18,19). The molecule has 7 nitrogen and oxygen atoms in total. The summed E-state index contributed by atoms with van der Waals surface area (Å²) in [6, 6.07) is 1.36. The molecule has 0 aliphatic carbocycles. The molecule has 0 aromatic carbocycles. The summed E-state index contributed by atoms with van der Waals surface area (Å²) in [6.07, 6.45) is -1.09. The molecule has 2 amide bonds. The number of hydrogen-bond acceptors (Lipinski definition) is 3. The monoisotopic (exact) mass is 347 g/mol. The Morgan fingerprint density at radius 3 is 2.68 bits per heavy atom. The van der Waals surface area contributed by atoms with Gasteiger partial charge in [0.1, 0.15) is 5.69 Å². The van der Waals surface area contributed by atoms with Crippen LogP contribution in [-0.4, -0.2) is 39.7 Å². The number of carbonyl (C=O) groups is 2. The van der Waals surface area contributed by atoms with Crippen LogP contribution in [0.25, 0.3) is 0 Å². The number of fused-ring (bicyclic) bond motifs is 2. The number of aromatic nitrogens is 1. The summed E-state index contributed by atoms with van der Waals surface area (Å²) in [5.74, 6) is -0.473. The van der Waals surface area contributed by atoms with Crippen LogP contribution < -0.4 is 10.9 Å². The molecule has 1 aromatic heterocycles. The van der Waals surface area contributed by atoms with E-state index in [-0.39, 0.29) is 28.3 Å². The number of amides is 2. The summed E-state index contributed by atoms with van der Waals surface area (Å²) in [7, 11) is 0. The molecule has 0 atom stereocenters. The molecule has 19 heavy (non-hydrogen) atoms. The number of nitrogens with zero attached hydrogens (tertiary/aromatic N) is 2. The van der Waals surface area contributed by atoms with Crippen molar-refractivity contribution >= 4 is 39.5 Å². The Balaban J connectivity index is 2.16. The molecule has 1 fully saturated rings. The molecule has 9 heteroatoms. The van der Waals surface area contributed by atoms with Crippen molar-refractivity contribution in [1.29, 1.82) is 0 Å². The fraction of sp³-hybridized carbons (Fsp3) is 0.300. The third-order valence-electron chi connectivity index (χ3n) is 3.28. The summed E-state index contributed by atoms with van der Waals surface area (Å²) in [5.41, 5.74) is -1.36. The van der Waals surface area contributed by atoms with Crippen molar-refractivity contribution < 1.29 is 14.7 Å². The van der Waals surface area contributed by atoms with Crippen molar-refractivity contribution in [2.45, 2.75) is 5.66 Å². The maximum absolute atomic E-state index is 12.1. The second kappa shape index (κ2) is 3.73. The molecule has 3 rings (SSSR count). The Morgan fingerprint density at radius 2 is 2.11 bits per heavy atom. The molecular formula is C10H7BrClN3O4. The topological polar surface area (TPSA) is 91.6 Å². The van der Waals surface area contributed by atoms with Crippen LogP contribution in [0.1, 0.15) is 10.5 Å². The highest BCUT2D eigenvalue weighted by Crippen LogP contribution is 2.34. The van der Waals surface area contributed by atoms with Crippen LogP contribution in [0.5, 0.6) is 0 Å². The van der Waals surface area contributed by atoms with Crippen LogP contribution in [0.2, 0.25) is 5.02 Å². The number of nitrogens with one attached hydrogen (secondary N) is 1. The Kier molecular flexibility index (Phi) is 2.45. The molecular weight excluding hydrogens is 341 g/mol. The molecule has 2 N–H and O–H groups in total. The smallest absolute Gasteiger partial charge is 0.407 e. The SMILES string of the molecule is O=C1NC2(CN(C(=O)O)C2)n2c1c(Cl)cc(Br)c2=O. The number of halogens is 2. The van der Waals surface area contributed by atoms with Gasteiger partial charge in [0, 0.05) is 0 Å². The van der Waals surface area contributed by atoms with E-state index < -0.39 is 23.2 Å². The molecule has 1 spiro atoms. The van der Waals surface area contributed by atoms with Gasteiger partial charge in [-0.3, -0.25) is 19.1 Å². The number of carboxylic acid groups (broad SMARTS) is 1. The van der Waals surface area contributed by atoms with Crippen molar-refractivity contribution in [2.24, 2.45) is 0 Å². The summed E-state index contributed by atoms with van der Waals surface area (Å²) in [5, 5.41) is 11.6. The lowest BCUT2D eigenvalue weighted by molar-refractivity contribution is 0.00661. The van der Waals surface area contributed by atoms with Crippen molar-refractivity contribution in [3.05, 3.63) is 31.6 Å². The first-order chi connectivity index (χ1) is 8.85. The number of rotatable bonds is 0. The van der Waals surface area contributed by atoms with Gasteiger partial charge in [-0.1, -0.05) is 11.6 Å². The minimum Gasteiger partial charge on any atom is -0.465 e. The maximum atomic E-state index is 12.1. The molecule has 1 saturated heterocycles. The maximum Gasteiger partial charge on any atom is 0.407 e. The van der Waals surface area contributed by atoms with Crippen LogP contribution >= 0.6 is 27.5 Å². The molecule has 0 unspecified atom stereocenters. The van der Waals surface area contributed by atoms with Gasteiger partial charge in [0.15, 0.2) is 5.66 Å². The fourth-order valence-electron chi connectivity index (χ4n) is 2.44. The van der Waals surface area contributed by atoms with Crippen molar-refractivity contribution in [2.75, 3.05) is 13.1 Å². The van der Waals surface area contributed by atoms with E-state index in [4.69, 9.17) is 16.7 Å². The van der Waals surface area contributed by atoms with Crippen LogP contribution in [0.3, 0.4) is 0 Å². The third-order valence-corrected chi connectivity index (χ3v) is 4.13. The normalized spacial score (nSPS) is 19.1. The van der Waals surface area contributed by atoms with Gasteiger partial charge >= 0.3 is 6.09 Å². The van der Waals surface area contributed by atoms with Crippen molar-refractivity contribution in [3.8, 4) is 0 Å². The molecule has 2 aliphatic heterocycles. The van der Waals surface area contributed by atoms with Crippen LogP contribution in [0.15, 0.2) is 15.3 Å². The molecule has 3 heterocycles. The van der Waals surface area contributed by atoms with E-state index >= 15 is 0 Å². The Labute approximate surface area is 119 Å². The van der Waals surface area contributed by atoms with Crippen molar-refractivity contribution in [1.82, 2.24) is 14.8 Å². The largest absolute Gasteiger partial charge is 0.465 e. The lowest BCUT2D eigenvalue weighted by atomic mass is 10.0. The van der Waals surface area contributed by atoms with Crippen LogP contribution in [0.4, 0.5) is 4.79 Å². The van der Waals surface area contributed by atoms with Gasteiger partial charge in [-0.25, -0.2) is 4.79 Å². The Morgan fingerprint density at radius 1 is 1.47 bits per heavy atom. The molecule has 0 radical (unpaired) electrons. The first kappa shape index (κ1) is 12.5. The van der Waals surface area contributed by atoms with Gasteiger partial charge in [0.05, 0.1) is 22.6 Å². The number of likely N-dealkylation sites (tertiary alicyclic amines) is 1. The zero-order valence-electron chi connectivity index (χ0n) is 9.31. The summed E-state index contributed by atoms with van der Waals surface area (Å²) in [4.78, 5) is 36.0. The lowest BCUT2D eigenvalue weighted by Crippen LogP contribution is -2.70. The van der Waals surface area contributed by atoms with E-state index in [1.165, 1.54) is 10.6 Å². The summed E-state index contributed by atoms with van der Waals surface area (Å²) in [6.45, 7) is 0.0432. The van der Waals surface area contributed by atoms with Crippen LogP contribution in [0, 0.1) is 0 Å². The summed E-state index contributed by atoms with van der Waals surface area (Å²) >= 11 is 9.05. The van der Waals surface area contributed by atoms with Gasteiger partial charge in [-0.2, -0.15) is 0 Å². The highest BCUT2D eigenvalue weighted by molar-refractivity contribution is 9.10. The predicted molar refractivity (Wildman–Crippen MR) is 68.5 cm³/mol. The van der Waals surface area contributed by atoms with E-state index in [1.54, 1.807) is 0 Å². The average Bonchev–Trinajstić information content (AvgIpc) is 2.58. The average molecular weight is 349 g/mol. The van der Waals surface area contributed by atoms with Gasteiger partial charge in [-0.05, 0) is 22.0 Å². The quantitative estimate of drug-likeness (QED) is 0.720. The zero-order valence-corrected chi connectivity index (χ0v) is 11.7. The van der Waals surface area contributed by atoms with Crippen molar-refractivity contribution in [3.63, 3.8) is 0 Å². The predicted octanol–water partition coefficient (Wildman–Crippen LogP) is 0.654. The molecule has 1 aromatic rings. The van der Waals surface area contributed by atoms with E-state index in [9.17, 15) is 14.4 Å². The second-order valence-corrected chi connectivity index (χ2v) is 5.72. The number of carbonyl (C=O) groups excluding carboxylic acids is 1. The Bertz CT molecular complexity index is 680. The first-order valence-corrected chi connectivity index (χ1v) is 6.45. The minimum atomic E-state index is -1.09. The molecule has 0 bridgehead atoms. The fourth-order valence-corrected chi connectivity index (χ4v) is 3.26. The number of pyridine rings is 1. The first-order valence-electron chi connectivity index (χ1n) is 5.28. The lowest BCUT2D eigenvalue weighted by Gasteiger charge is -2.46. The van der Waals surface area contributed by atoms with Gasteiger partial charge in [-0.15, -0.1) is 0 Å². The highest BCUT2D eigenvalue weighted by atomic mass is 79.9.